The van der Waals surface area contributed by atoms with Crippen LogP contribution in [-0.4, -0.2) is 39.4 Å². The van der Waals surface area contributed by atoms with Gasteiger partial charge in [-0.2, -0.15) is 0 Å². The fourth-order valence-electron chi connectivity index (χ4n) is 3.21. The maximum Gasteiger partial charge on any atom is 0.222 e. The van der Waals surface area contributed by atoms with E-state index >= 15 is 0 Å². The number of hydrogen-bond acceptors (Lipinski definition) is 4. The highest BCUT2D eigenvalue weighted by atomic mass is 16.5. The lowest BCUT2D eigenvalue weighted by molar-refractivity contribution is -0.122. The van der Waals surface area contributed by atoms with Crippen molar-refractivity contribution in [2.45, 2.75) is 13.0 Å². The molecule has 0 aliphatic rings. The number of nitrogens with one attached hydrogen (secondary N) is 2. The summed E-state index contributed by atoms with van der Waals surface area (Å²) in [5.74, 6) is -0.0222. The van der Waals surface area contributed by atoms with Gasteiger partial charge in [-0.25, -0.2) is 9.97 Å². The SMILES string of the molecule is COCCC(=O)NCc1cccc(-c2cc3c(ncc4c[nH]n(C)c43)n2)c1. The molecule has 0 unspecified atom stereocenters. The van der Waals surface area contributed by atoms with Crippen LogP contribution in [0.5, 0.6) is 0 Å². The molecule has 7 nitrogen and oxygen atoms in total. The van der Waals surface area contributed by atoms with E-state index in [0.717, 1.165) is 38.8 Å². The van der Waals surface area contributed by atoms with Gasteiger partial charge in [-0.15, -0.1) is 0 Å². The summed E-state index contributed by atoms with van der Waals surface area (Å²) >= 11 is 0. The van der Waals surface area contributed by atoms with E-state index in [9.17, 15) is 4.79 Å². The van der Waals surface area contributed by atoms with Gasteiger partial charge in [0.05, 0.1) is 17.8 Å². The number of benzene rings is 1. The van der Waals surface area contributed by atoms with Gasteiger partial charge in [-0.1, -0.05) is 18.2 Å². The molecule has 138 valence electrons. The van der Waals surface area contributed by atoms with Gasteiger partial charge in [0.25, 0.3) is 0 Å². The minimum Gasteiger partial charge on any atom is -0.384 e. The number of rotatable bonds is 6. The van der Waals surface area contributed by atoms with Crippen LogP contribution in [0.1, 0.15) is 12.0 Å². The number of fused-ring (bicyclic) bond motifs is 3. The molecule has 2 N–H and O–H groups in total. The maximum atomic E-state index is 11.8. The second-order valence-electron chi connectivity index (χ2n) is 6.49. The van der Waals surface area contributed by atoms with Crippen molar-refractivity contribution in [2.24, 2.45) is 7.05 Å². The standard InChI is InChI=1S/C20H21N5O2/c1-25-19-15(12-23-25)11-22-20-16(19)9-17(24-20)14-5-3-4-13(8-14)10-21-18(26)6-7-27-2/h3-5,8-9,11-12,23H,6-7,10H2,1-2H3,(H,21,26). The Morgan fingerprint density at radius 1 is 1.33 bits per heavy atom. The summed E-state index contributed by atoms with van der Waals surface area (Å²) < 4.78 is 6.89. The van der Waals surface area contributed by atoms with Gasteiger partial charge in [-0.05, 0) is 17.7 Å². The van der Waals surface area contributed by atoms with E-state index in [0.29, 0.717) is 19.6 Å². The van der Waals surface area contributed by atoms with E-state index in [1.165, 1.54) is 0 Å². The monoisotopic (exact) mass is 363 g/mol. The molecule has 4 aromatic rings. The second kappa shape index (κ2) is 7.20. The molecule has 0 aliphatic heterocycles. The lowest BCUT2D eigenvalue weighted by Crippen LogP contribution is -2.23. The largest absolute Gasteiger partial charge is 0.384 e. The summed E-state index contributed by atoms with van der Waals surface area (Å²) in [6.07, 6.45) is 4.12. The lowest BCUT2D eigenvalue weighted by Gasteiger charge is -2.06. The Balaban J connectivity index is 1.61. The van der Waals surface area contributed by atoms with E-state index in [-0.39, 0.29) is 5.91 Å². The van der Waals surface area contributed by atoms with Gasteiger partial charge in [0.2, 0.25) is 5.91 Å². The predicted octanol–water partition coefficient (Wildman–Crippen LogP) is 2.77. The van der Waals surface area contributed by atoms with Crippen molar-refractivity contribution in [3.8, 4) is 11.3 Å². The molecule has 4 rings (SSSR count). The lowest BCUT2D eigenvalue weighted by atomic mass is 10.1. The minimum atomic E-state index is -0.0222. The van der Waals surface area contributed by atoms with E-state index in [1.54, 1.807) is 7.11 Å². The summed E-state index contributed by atoms with van der Waals surface area (Å²) in [5.41, 5.74) is 4.71. The van der Waals surface area contributed by atoms with Gasteiger partial charge in [0.15, 0.2) is 5.65 Å². The zero-order chi connectivity index (χ0) is 18.8. The van der Waals surface area contributed by atoms with Crippen molar-refractivity contribution in [3.05, 3.63) is 48.3 Å². The van der Waals surface area contributed by atoms with Gasteiger partial charge in [-0.3, -0.25) is 9.48 Å². The summed E-state index contributed by atoms with van der Waals surface area (Å²) in [5, 5.41) is 8.15. The van der Waals surface area contributed by atoms with Crippen LogP contribution in [-0.2, 0) is 23.1 Å². The molecule has 1 amide bonds. The predicted molar refractivity (Wildman–Crippen MR) is 104 cm³/mol. The van der Waals surface area contributed by atoms with Crippen molar-refractivity contribution in [2.75, 3.05) is 13.7 Å². The quantitative estimate of drug-likeness (QED) is 0.552. The molecule has 0 fully saturated rings. The highest BCUT2D eigenvalue weighted by Crippen LogP contribution is 2.28. The summed E-state index contributed by atoms with van der Waals surface area (Å²) in [7, 11) is 3.56. The average Bonchev–Trinajstić information content (AvgIpc) is 3.28. The number of H-pyrrole nitrogens is 1. The molecule has 0 bridgehead atoms. The number of nitrogens with zero attached hydrogens (tertiary/aromatic N) is 3. The summed E-state index contributed by atoms with van der Waals surface area (Å²) in [6.45, 7) is 0.903. The Kier molecular flexibility index (Phi) is 4.60. The number of amides is 1. The zero-order valence-corrected chi connectivity index (χ0v) is 15.3. The van der Waals surface area contributed by atoms with E-state index in [1.807, 2.05) is 48.4 Å². The minimum absolute atomic E-state index is 0.0222. The number of ether oxygens (including phenoxy) is 1. The van der Waals surface area contributed by atoms with Crippen LogP contribution in [0.2, 0.25) is 0 Å². The first-order valence-corrected chi connectivity index (χ1v) is 8.80. The number of aromatic nitrogens is 4. The van der Waals surface area contributed by atoms with Crippen LogP contribution < -0.4 is 5.32 Å². The third-order valence-corrected chi connectivity index (χ3v) is 4.60. The molecular weight excluding hydrogens is 342 g/mol. The number of pyridine rings is 1. The second-order valence-corrected chi connectivity index (χ2v) is 6.49. The number of aromatic amines is 1. The molecule has 0 saturated carbocycles. The molecular formula is C20H21N5O2. The molecule has 0 aliphatic carbocycles. The molecule has 7 heteroatoms. The molecule has 0 saturated heterocycles. The Morgan fingerprint density at radius 2 is 2.22 bits per heavy atom. The van der Waals surface area contributed by atoms with Crippen molar-refractivity contribution in [1.82, 2.24) is 25.1 Å². The van der Waals surface area contributed by atoms with Gasteiger partial charge in [0, 0.05) is 55.9 Å². The molecule has 1 aromatic carbocycles. The van der Waals surface area contributed by atoms with Crippen molar-refractivity contribution >= 4 is 27.8 Å². The van der Waals surface area contributed by atoms with Crippen LogP contribution in [0.3, 0.4) is 0 Å². The van der Waals surface area contributed by atoms with Crippen LogP contribution in [0.25, 0.3) is 33.2 Å². The van der Waals surface area contributed by atoms with Gasteiger partial charge >= 0.3 is 0 Å². The Hall–Kier alpha value is -3.19. The highest BCUT2D eigenvalue weighted by Gasteiger charge is 2.12. The topological polar surface area (TPSA) is 84.8 Å². The number of methoxy groups -OCH3 is 1. The first kappa shape index (κ1) is 17.2. The maximum absolute atomic E-state index is 11.8. The molecule has 3 aromatic heterocycles. The van der Waals surface area contributed by atoms with Gasteiger partial charge < -0.3 is 15.2 Å². The third kappa shape index (κ3) is 3.41. The number of carbonyl (C=O) groups is 1. The van der Waals surface area contributed by atoms with Crippen molar-refractivity contribution in [1.29, 1.82) is 0 Å². The number of carbonyl (C=O) groups excluding carboxylic acids is 1. The smallest absolute Gasteiger partial charge is 0.222 e. The molecule has 3 heterocycles. The van der Waals surface area contributed by atoms with E-state index < -0.39 is 0 Å². The molecule has 27 heavy (non-hydrogen) atoms. The van der Waals surface area contributed by atoms with Gasteiger partial charge in [0.1, 0.15) is 0 Å². The van der Waals surface area contributed by atoms with E-state index in [4.69, 9.17) is 4.74 Å². The van der Waals surface area contributed by atoms with Crippen LogP contribution in [0, 0.1) is 0 Å². The average molecular weight is 363 g/mol. The molecule has 0 atom stereocenters. The van der Waals surface area contributed by atoms with Crippen molar-refractivity contribution in [3.63, 3.8) is 0 Å². The summed E-state index contributed by atoms with van der Waals surface area (Å²) in [4.78, 5) is 20.9. The summed E-state index contributed by atoms with van der Waals surface area (Å²) in [6, 6.07) is 10.1. The third-order valence-electron chi connectivity index (χ3n) is 4.60. The first-order valence-electron chi connectivity index (χ1n) is 8.80. The van der Waals surface area contributed by atoms with Crippen LogP contribution >= 0.6 is 0 Å². The first-order chi connectivity index (χ1) is 13.2. The van der Waals surface area contributed by atoms with Crippen LogP contribution in [0.15, 0.2) is 42.7 Å². The Morgan fingerprint density at radius 3 is 3.07 bits per heavy atom. The van der Waals surface area contributed by atoms with Crippen molar-refractivity contribution < 1.29 is 9.53 Å². The molecule has 0 spiro atoms. The Bertz CT molecular complexity index is 1110. The highest BCUT2D eigenvalue weighted by molar-refractivity contribution is 6.04. The van der Waals surface area contributed by atoms with E-state index in [2.05, 4.69) is 26.4 Å². The fourth-order valence-corrected chi connectivity index (χ4v) is 3.21. The number of aryl methyl sites for hydroxylation is 1. The molecule has 0 radical (unpaired) electrons. The number of hydrogen-bond donors (Lipinski definition) is 2. The zero-order valence-electron chi connectivity index (χ0n) is 15.3. The normalized spacial score (nSPS) is 11.3. The Labute approximate surface area is 156 Å². The van der Waals surface area contributed by atoms with Crippen LogP contribution in [0.4, 0.5) is 0 Å². The fraction of sp³-hybridized carbons (Fsp3) is 0.250.